The topological polar surface area (TPSA) is 97.2 Å². The van der Waals surface area contributed by atoms with E-state index < -0.39 is 0 Å². The Bertz CT molecular complexity index is 410. The quantitative estimate of drug-likeness (QED) is 0.621. The van der Waals surface area contributed by atoms with E-state index in [4.69, 9.17) is 10.5 Å². The number of carbonyl (C=O) groups is 1. The SMILES string of the molecule is COCC(CCN)NC(=O)c1cc[nH]c(=O)c1. The van der Waals surface area contributed by atoms with E-state index in [9.17, 15) is 9.59 Å². The second kappa shape index (κ2) is 6.82. The molecule has 0 aliphatic carbocycles. The third kappa shape index (κ3) is 4.38. The number of carbonyl (C=O) groups excluding carboxylic acids is 1. The monoisotopic (exact) mass is 239 g/mol. The molecule has 1 atom stereocenters. The van der Waals surface area contributed by atoms with Crippen molar-refractivity contribution >= 4 is 5.91 Å². The van der Waals surface area contributed by atoms with Gasteiger partial charge in [-0.1, -0.05) is 0 Å². The molecule has 6 nitrogen and oxygen atoms in total. The molecule has 0 fully saturated rings. The van der Waals surface area contributed by atoms with Gasteiger partial charge in [0.05, 0.1) is 12.6 Å². The van der Waals surface area contributed by atoms with Crippen LogP contribution in [-0.4, -0.2) is 37.2 Å². The van der Waals surface area contributed by atoms with Crippen LogP contribution in [0.15, 0.2) is 23.1 Å². The fraction of sp³-hybridized carbons (Fsp3) is 0.455. The number of H-pyrrole nitrogens is 1. The molecule has 0 saturated carbocycles. The van der Waals surface area contributed by atoms with Crippen LogP contribution in [0.5, 0.6) is 0 Å². The van der Waals surface area contributed by atoms with Crippen LogP contribution in [0, 0.1) is 0 Å². The molecule has 4 N–H and O–H groups in total. The minimum absolute atomic E-state index is 0.142. The predicted octanol–water partition coefficient (Wildman–Crippen LogP) is -0.531. The first-order valence-electron chi connectivity index (χ1n) is 5.36. The highest BCUT2D eigenvalue weighted by atomic mass is 16.5. The van der Waals surface area contributed by atoms with E-state index in [0.29, 0.717) is 25.1 Å². The molecule has 0 bridgehead atoms. The minimum atomic E-state index is -0.306. The van der Waals surface area contributed by atoms with Gasteiger partial charge in [0.2, 0.25) is 5.56 Å². The van der Waals surface area contributed by atoms with Gasteiger partial charge in [-0.05, 0) is 19.0 Å². The van der Waals surface area contributed by atoms with Crippen LogP contribution in [0.3, 0.4) is 0 Å². The van der Waals surface area contributed by atoms with E-state index in [0.717, 1.165) is 0 Å². The first-order chi connectivity index (χ1) is 8.17. The zero-order chi connectivity index (χ0) is 12.7. The largest absolute Gasteiger partial charge is 0.383 e. The molecule has 0 aromatic carbocycles. The summed E-state index contributed by atoms with van der Waals surface area (Å²) in [6.07, 6.45) is 2.06. The Hall–Kier alpha value is -1.66. The maximum absolute atomic E-state index is 11.8. The number of methoxy groups -OCH3 is 1. The average molecular weight is 239 g/mol. The Labute approximate surface area is 99.2 Å². The maximum atomic E-state index is 11.8. The predicted molar refractivity (Wildman–Crippen MR) is 63.9 cm³/mol. The molecule has 1 heterocycles. The molecular formula is C11H17N3O3. The molecule has 6 heteroatoms. The molecule has 1 unspecified atom stereocenters. The highest BCUT2D eigenvalue weighted by molar-refractivity contribution is 5.94. The van der Waals surface area contributed by atoms with E-state index in [1.165, 1.54) is 12.3 Å². The normalized spacial score (nSPS) is 12.1. The fourth-order valence-electron chi connectivity index (χ4n) is 1.45. The highest BCUT2D eigenvalue weighted by Gasteiger charge is 2.13. The van der Waals surface area contributed by atoms with Gasteiger partial charge in [-0.2, -0.15) is 0 Å². The lowest BCUT2D eigenvalue weighted by Crippen LogP contribution is -2.39. The molecule has 0 aliphatic rings. The van der Waals surface area contributed by atoms with Crippen LogP contribution < -0.4 is 16.6 Å². The van der Waals surface area contributed by atoms with Crippen molar-refractivity contribution in [2.45, 2.75) is 12.5 Å². The zero-order valence-electron chi connectivity index (χ0n) is 9.73. The lowest BCUT2D eigenvalue weighted by Gasteiger charge is -2.16. The lowest BCUT2D eigenvalue weighted by molar-refractivity contribution is 0.0893. The number of pyridine rings is 1. The molecule has 1 aromatic rings. The fourth-order valence-corrected chi connectivity index (χ4v) is 1.45. The summed E-state index contributed by atoms with van der Waals surface area (Å²) in [6.45, 7) is 0.857. The molecule has 0 radical (unpaired) electrons. The van der Waals surface area contributed by atoms with E-state index >= 15 is 0 Å². The molecule has 0 spiro atoms. The lowest BCUT2D eigenvalue weighted by atomic mass is 10.2. The van der Waals surface area contributed by atoms with Gasteiger partial charge >= 0.3 is 0 Å². The number of nitrogens with one attached hydrogen (secondary N) is 2. The van der Waals surface area contributed by atoms with Crippen molar-refractivity contribution in [1.82, 2.24) is 10.3 Å². The summed E-state index contributed by atoms with van der Waals surface area (Å²) < 4.78 is 4.98. The van der Waals surface area contributed by atoms with Crippen LogP contribution in [0.25, 0.3) is 0 Å². The van der Waals surface area contributed by atoms with E-state index in [2.05, 4.69) is 10.3 Å². The Morgan fingerprint density at radius 2 is 2.41 bits per heavy atom. The Balaban J connectivity index is 2.66. The van der Waals surface area contributed by atoms with E-state index in [1.807, 2.05) is 0 Å². The number of nitrogens with two attached hydrogens (primary N) is 1. The number of aromatic amines is 1. The summed E-state index contributed by atoms with van der Waals surface area (Å²) in [5.41, 5.74) is 5.46. The van der Waals surface area contributed by atoms with Gasteiger partial charge < -0.3 is 20.8 Å². The van der Waals surface area contributed by atoms with Gasteiger partial charge in [0.15, 0.2) is 0 Å². The smallest absolute Gasteiger partial charge is 0.251 e. The van der Waals surface area contributed by atoms with Gasteiger partial charge in [0, 0.05) is 24.9 Å². The van der Waals surface area contributed by atoms with Gasteiger partial charge in [-0.3, -0.25) is 9.59 Å². The van der Waals surface area contributed by atoms with E-state index in [-0.39, 0.29) is 17.5 Å². The molecule has 94 valence electrons. The zero-order valence-corrected chi connectivity index (χ0v) is 9.73. The maximum Gasteiger partial charge on any atom is 0.251 e. The first-order valence-corrected chi connectivity index (χ1v) is 5.36. The van der Waals surface area contributed by atoms with Gasteiger partial charge in [-0.15, -0.1) is 0 Å². The van der Waals surface area contributed by atoms with Crippen LogP contribution in [0.1, 0.15) is 16.8 Å². The molecule has 0 saturated heterocycles. The number of aromatic nitrogens is 1. The van der Waals surface area contributed by atoms with Gasteiger partial charge in [-0.25, -0.2) is 0 Å². The summed E-state index contributed by atoms with van der Waals surface area (Å²) in [5, 5.41) is 2.77. The van der Waals surface area contributed by atoms with Gasteiger partial charge in [0.1, 0.15) is 0 Å². The number of amides is 1. The average Bonchev–Trinajstić information content (AvgIpc) is 2.29. The number of hydrogen-bond acceptors (Lipinski definition) is 4. The molecule has 1 amide bonds. The van der Waals surface area contributed by atoms with Crippen molar-refractivity contribution in [3.63, 3.8) is 0 Å². The van der Waals surface area contributed by atoms with Crippen LogP contribution in [-0.2, 0) is 4.74 Å². The van der Waals surface area contributed by atoms with Crippen molar-refractivity contribution in [2.75, 3.05) is 20.3 Å². The number of hydrogen-bond donors (Lipinski definition) is 3. The van der Waals surface area contributed by atoms with Crippen molar-refractivity contribution < 1.29 is 9.53 Å². The molecular weight excluding hydrogens is 222 g/mol. The molecule has 0 aliphatic heterocycles. The van der Waals surface area contributed by atoms with Crippen LogP contribution in [0.4, 0.5) is 0 Å². The van der Waals surface area contributed by atoms with Crippen molar-refractivity contribution in [1.29, 1.82) is 0 Å². The Morgan fingerprint density at radius 1 is 1.65 bits per heavy atom. The van der Waals surface area contributed by atoms with Crippen molar-refractivity contribution in [3.05, 3.63) is 34.2 Å². The molecule has 1 aromatic heterocycles. The van der Waals surface area contributed by atoms with E-state index in [1.54, 1.807) is 13.2 Å². The molecule has 17 heavy (non-hydrogen) atoms. The summed E-state index contributed by atoms with van der Waals surface area (Å²) in [6, 6.07) is 2.65. The third-order valence-electron chi connectivity index (χ3n) is 2.26. The number of rotatable bonds is 6. The summed E-state index contributed by atoms with van der Waals surface area (Å²) in [5.74, 6) is -0.299. The standard InChI is InChI=1S/C11H17N3O3/c1-17-7-9(2-4-12)14-11(16)8-3-5-13-10(15)6-8/h3,5-6,9H,2,4,7,12H2,1H3,(H,13,15)(H,14,16). The Morgan fingerprint density at radius 3 is 3.00 bits per heavy atom. The minimum Gasteiger partial charge on any atom is -0.383 e. The highest BCUT2D eigenvalue weighted by Crippen LogP contribution is 1.97. The summed E-state index contributed by atoms with van der Waals surface area (Å²) in [4.78, 5) is 25.3. The Kier molecular flexibility index (Phi) is 5.38. The first kappa shape index (κ1) is 13.4. The van der Waals surface area contributed by atoms with Crippen molar-refractivity contribution in [2.24, 2.45) is 5.73 Å². The second-order valence-electron chi connectivity index (χ2n) is 3.64. The number of ether oxygens (including phenoxy) is 1. The van der Waals surface area contributed by atoms with Crippen LogP contribution >= 0.6 is 0 Å². The second-order valence-corrected chi connectivity index (χ2v) is 3.64. The molecule has 1 rings (SSSR count). The van der Waals surface area contributed by atoms with Crippen LogP contribution in [0.2, 0.25) is 0 Å². The summed E-state index contributed by atoms with van der Waals surface area (Å²) >= 11 is 0. The third-order valence-corrected chi connectivity index (χ3v) is 2.26. The summed E-state index contributed by atoms with van der Waals surface area (Å²) in [7, 11) is 1.56. The van der Waals surface area contributed by atoms with Crippen molar-refractivity contribution in [3.8, 4) is 0 Å². The van der Waals surface area contributed by atoms with Gasteiger partial charge in [0.25, 0.3) is 5.91 Å².